The standard InChI is InChI=1S/C14H19NO2/c1-10-7-11(8-12-5-6-15-9-12)3-4-13(10)14(16)17-2/h3-4,7,12,15H,5-6,8-9H2,1-2H3. The van der Waals surface area contributed by atoms with Gasteiger partial charge in [-0.15, -0.1) is 0 Å². The minimum Gasteiger partial charge on any atom is -0.465 e. The molecule has 3 nitrogen and oxygen atoms in total. The quantitative estimate of drug-likeness (QED) is 0.811. The number of hydrogen-bond donors (Lipinski definition) is 1. The van der Waals surface area contributed by atoms with Crippen molar-refractivity contribution < 1.29 is 9.53 Å². The van der Waals surface area contributed by atoms with Crippen LogP contribution < -0.4 is 5.32 Å². The third-order valence-corrected chi connectivity index (χ3v) is 3.38. The van der Waals surface area contributed by atoms with Gasteiger partial charge >= 0.3 is 5.97 Å². The second-order valence-electron chi connectivity index (χ2n) is 4.70. The summed E-state index contributed by atoms with van der Waals surface area (Å²) < 4.78 is 4.74. The fraction of sp³-hybridized carbons (Fsp3) is 0.500. The van der Waals surface area contributed by atoms with Crippen LogP contribution in [-0.4, -0.2) is 26.2 Å². The minimum absolute atomic E-state index is 0.253. The summed E-state index contributed by atoms with van der Waals surface area (Å²) in [5.74, 6) is 0.481. The Morgan fingerprint density at radius 1 is 1.53 bits per heavy atom. The van der Waals surface area contributed by atoms with Crippen molar-refractivity contribution >= 4 is 5.97 Å². The summed E-state index contributed by atoms with van der Waals surface area (Å²) in [4.78, 5) is 11.5. The smallest absolute Gasteiger partial charge is 0.338 e. The number of methoxy groups -OCH3 is 1. The van der Waals surface area contributed by atoms with Crippen LogP contribution in [0.5, 0.6) is 0 Å². The van der Waals surface area contributed by atoms with E-state index >= 15 is 0 Å². The van der Waals surface area contributed by atoms with E-state index in [1.165, 1.54) is 19.1 Å². The molecule has 1 aromatic rings. The fourth-order valence-electron chi connectivity index (χ4n) is 2.41. The lowest BCUT2D eigenvalue weighted by Gasteiger charge is -2.10. The highest BCUT2D eigenvalue weighted by molar-refractivity contribution is 5.90. The first-order chi connectivity index (χ1) is 8.20. The maximum absolute atomic E-state index is 11.5. The number of ether oxygens (including phenoxy) is 1. The normalized spacial score (nSPS) is 19.3. The third-order valence-electron chi connectivity index (χ3n) is 3.38. The Kier molecular flexibility index (Phi) is 3.79. The molecular weight excluding hydrogens is 214 g/mol. The van der Waals surface area contributed by atoms with Crippen LogP contribution in [-0.2, 0) is 11.2 Å². The molecule has 0 spiro atoms. The van der Waals surface area contributed by atoms with Crippen molar-refractivity contribution in [1.29, 1.82) is 0 Å². The summed E-state index contributed by atoms with van der Waals surface area (Å²) in [6.45, 7) is 4.20. The van der Waals surface area contributed by atoms with Gasteiger partial charge < -0.3 is 10.1 Å². The molecular formula is C14H19NO2. The van der Waals surface area contributed by atoms with Gasteiger partial charge in [-0.3, -0.25) is 0 Å². The first-order valence-electron chi connectivity index (χ1n) is 6.09. The summed E-state index contributed by atoms with van der Waals surface area (Å²) in [7, 11) is 1.42. The van der Waals surface area contributed by atoms with Crippen molar-refractivity contribution in [3.05, 3.63) is 34.9 Å². The van der Waals surface area contributed by atoms with Crippen LogP contribution in [0.2, 0.25) is 0 Å². The van der Waals surface area contributed by atoms with Crippen molar-refractivity contribution in [3.63, 3.8) is 0 Å². The number of carbonyl (C=O) groups excluding carboxylic acids is 1. The maximum Gasteiger partial charge on any atom is 0.338 e. The summed E-state index contributed by atoms with van der Waals surface area (Å²) >= 11 is 0. The number of nitrogens with one attached hydrogen (secondary N) is 1. The summed E-state index contributed by atoms with van der Waals surface area (Å²) in [6, 6.07) is 6.01. The van der Waals surface area contributed by atoms with Gasteiger partial charge in [0.25, 0.3) is 0 Å². The topological polar surface area (TPSA) is 38.3 Å². The van der Waals surface area contributed by atoms with Gasteiger partial charge in [-0.05, 0) is 56.0 Å². The molecule has 0 bridgehead atoms. The highest BCUT2D eigenvalue weighted by Gasteiger charge is 2.16. The second kappa shape index (κ2) is 5.32. The van der Waals surface area contributed by atoms with Gasteiger partial charge in [0.2, 0.25) is 0 Å². The Hall–Kier alpha value is -1.35. The molecule has 1 aliphatic heterocycles. The lowest BCUT2D eigenvalue weighted by atomic mass is 9.96. The Labute approximate surface area is 102 Å². The molecule has 1 unspecified atom stereocenters. The Balaban J connectivity index is 2.10. The van der Waals surface area contributed by atoms with Gasteiger partial charge in [-0.25, -0.2) is 4.79 Å². The molecule has 1 aromatic carbocycles. The van der Waals surface area contributed by atoms with E-state index in [0.29, 0.717) is 5.56 Å². The molecule has 0 saturated carbocycles. The van der Waals surface area contributed by atoms with Gasteiger partial charge in [-0.1, -0.05) is 12.1 Å². The van der Waals surface area contributed by atoms with E-state index in [1.54, 1.807) is 0 Å². The molecule has 1 heterocycles. The van der Waals surface area contributed by atoms with E-state index in [-0.39, 0.29) is 5.97 Å². The second-order valence-corrected chi connectivity index (χ2v) is 4.70. The SMILES string of the molecule is COC(=O)c1ccc(CC2CCNC2)cc1C. The van der Waals surface area contributed by atoms with Gasteiger partial charge in [0.15, 0.2) is 0 Å². The lowest BCUT2D eigenvalue weighted by Crippen LogP contribution is -2.11. The lowest BCUT2D eigenvalue weighted by molar-refractivity contribution is 0.0600. The average Bonchev–Trinajstić information content (AvgIpc) is 2.81. The minimum atomic E-state index is -0.253. The van der Waals surface area contributed by atoms with Crippen LogP contribution in [0.25, 0.3) is 0 Å². The largest absolute Gasteiger partial charge is 0.465 e. The third kappa shape index (κ3) is 2.86. The van der Waals surface area contributed by atoms with Crippen LogP contribution in [0.15, 0.2) is 18.2 Å². The van der Waals surface area contributed by atoms with Crippen molar-refractivity contribution in [2.45, 2.75) is 19.8 Å². The molecule has 1 aliphatic rings. The number of benzene rings is 1. The van der Waals surface area contributed by atoms with Crippen LogP contribution in [0, 0.1) is 12.8 Å². The predicted molar refractivity (Wildman–Crippen MR) is 67.2 cm³/mol. The van der Waals surface area contributed by atoms with Crippen molar-refractivity contribution in [2.24, 2.45) is 5.92 Å². The van der Waals surface area contributed by atoms with Crippen molar-refractivity contribution in [1.82, 2.24) is 5.32 Å². The number of hydrogen-bond acceptors (Lipinski definition) is 3. The summed E-state index contributed by atoms with van der Waals surface area (Å²) in [6.07, 6.45) is 2.34. The molecule has 1 fully saturated rings. The van der Waals surface area contributed by atoms with Crippen molar-refractivity contribution in [2.75, 3.05) is 20.2 Å². The number of aryl methyl sites for hydroxylation is 1. The molecule has 1 atom stereocenters. The monoisotopic (exact) mass is 233 g/mol. The maximum atomic E-state index is 11.5. The summed E-state index contributed by atoms with van der Waals surface area (Å²) in [5.41, 5.74) is 2.98. The number of rotatable bonds is 3. The van der Waals surface area contributed by atoms with Crippen LogP contribution in [0.1, 0.15) is 27.9 Å². The summed E-state index contributed by atoms with van der Waals surface area (Å²) in [5, 5.41) is 3.37. The van der Waals surface area contributed by atoms with Gasteiger partial charge in [0.05, 0.1) is 12.7 Å². The highest BCUT2D eigenvalue weighted by atomic mass is 16.5. The molecule has 1 saturated heterocycles. The zero-order valence-electron chi connectivity index (χ0n) is 10.5. The van der Waals surface area contributed by atoms with Gasteiger partial charge in [-0.2, -0.15) is 0 Å². The molecule has 2 rings (SSSR count). The Morgan fingerprint density at radius 3 is 2.94 bits per heavy atom. The van der Waals surface area contributed by atoms with E-state index in [1.807, 2.05) is 19.1 Å². The van der Waals surface area contributed by atoms with Crippen LogP contribution >= 0.6 is 0 Å². The molecule has 0 amide bonds. The Morgan fingerprint density at radius 2 is 2.35 bits per heavy atom. The van der Waals surface area contributed by atoms with E-state index in [9.17, 15) is 4.79 Å². The van der Waals surface area contributed by atoms with E-state index in [4.69, 9.17) is 4.74 Å². The zero-order chi connectivity index (χ0) is 12.3. The molecule has 0 radical (unpaired) electrons. The molecule has 92 valence electrons. The first kappa shape index (κ1) is 12.1. The van der Waals surface area contributed by atoms with E-state index < -0.39 is 0 Å². The van der Waals surface area contributed by atoms with E-state index in [0.717, 1.165) is 31.0 Å². The van der Waals surface area contributed by atoms with Gasteiger partial charge in [0.1, 0.15) is 0 Å². The predicted octanol–water partition coefficient (Wildman–Crippen LogP) is 1.93. The van der Waals surface area contributed by atoms with Crippen molar-refractivity contribution in [3.8, 4) is 0 Å². The molecule has 1 N–H and O–H groups in total. The van der Waals surface area contributed by atoms with Gasteiger partial charge in [0, 0.05) is 0 Å². The molecule has 3 heteroatoms. The fourth-order valence-corrected chi connectivity index (χ4v) is 2.41. The number of esters is 1. The number of carbonyl (C=O) groups is 1. The molecule has 0 aromatic heterocycles. The van der Waals surface area contributed by atoms with E-state index in [2.05, 4.69) is 11.4 Å². The average molecular weight is 233 g/mol. The van der Waals surface area contributed by atoms with Crippen LogP contribution in [0.4, 0.5) is 0 Å². The highest BCUT2D eigenvalue weighted by Crippen LogP contribution is 2.18. The first-order valence-corrected chi connectivity index (χ1v) is 6.09. The van der Waals surface area contributed by atoms with Crippen LogP contribution in [0.3, 0.4) is 0 Å². The molecule has 17 heavy (non-hydrogen) atoms. The Bertz CT molecular complexity index is 409. The molecule has 0 aliphatic carbocycles. The zero-order valence-corrected chi connectivity index (χ0v) is 10.5.